The number of hydrogen-bond acceptors (Lipinski definition) is 3. The van der Waals surface area contributed by atoms with Gasteiger partial charge in [-0.3, -0.25) is 11.3 Å². The van der Waals surface area contributed by atoms with Crippen LogP contribution in [0.1, 0.15) is 24.4 Å². The zero-order chi connectivity index (χ0) is 13.8. The summed E-state index contributed by atoms with van der Waals surface area (Å²) >= 11 is 3.28. The molecule has 7 heteroatoms. The molecule has 0 saturated heterocycles. The summed E-state index contributed by atoms with van der Waals surface area (Å²) in [5, 5.41) is 0. The first-order chi connectivity index (χ1) is 8.37. The standard InChI is InChI=1S/C11H14BrF3N2O/c1-18-10-3-2-7(6-8(10)12)9(17-16)4-5-11(13,14)15/h2-3,6,9,17H,4-5,16H2,1H3. The third kappa shape index (κ3) is 4.47. The molecule has 1 rings (SSSR count). The van der Waals surface area contributed by atoms with Gasteiger partial charge in [-0.1, -0.05) is 6.07 Å². The summed E-state index contributed by atoms with van der Waals surface area (Å²) in [5.41, 5.74) is 3.07. The summed E-state index contributed by atoms with van der Waals surface area (Å²) < 4.78 is 42.2. The van der Waals surface area contributed by atoms with E-state index in [0.717, 1.165) is 0 Å². The van der Waals surface area contributed by atoms with Crippen LogP contribution in [-0.2, 0) is 0 Å². The van der Waals surface area contributed by atoms with Crippen LogP contribution in [0.5, 0.6) is 5.75 Å². The Morgan fingerprint density at radius 1 is 1.44 bits per heavy atom. The maximum Gasteiger partial charge on any atom is 0.389 e. The van der Waals surface area contributed by atoms with E-state index in [4.69, 9.17) is 10.6 Å². The molecular formula is C11H14BrF3N2O. The van der Waals surface area contributed by atoms with Crippen LogP contribution in [0, 0.1) is 0 Å². The SMILES string of the molecule is COc1ccc(C(CCC(F)(F)F)NN)cc1Br. The van der Waals surface area contributed by atoms with Gasteiger partial charge in [0.15, 0.2) is 0 Å². The first kappa shape index (κ1) is 15.3. The summed E-state index contributed by atoms with van der Waals surface area (Å²) in [6.45, 7) is 0. The molecule has 1 atom stereocenters. The maximum absolute atomic E-state index is 12.2. The fourth-order valence-corrected chi connectivity index (χ4v) is 2.11. The smallest absolute Gasteiger partial charge is 0.389 e. The second-order valence-electron chi connectivity index (χ2n) is 3.77. The van der Waals surface area contributed by atoms with Gasteiger partial charge in [-0.25, -0.2) is 0 Å². The number of nitrogens with one attached hydrogen (secondary N) is 1. The topological polar surface area (TPSA) is 47.3 Å². The van der Waals surface area contributed by atoms with Crippen molar-refractivity contribution in [2.75, 3.05) is 7.11 Å². The summed E-state index contributed by atoms with van der Waals surface area (Å²) in [4.78, 5) is 0. The second kappa shape index (κ2) is 6.40. The van der Waals surface area contributed by atoms with Gasteiger partial charge < -0.3 is 4.74 Å². The van der Waals surface area contributed by atoms with E-state index < -0.39 is 18.6 Å². The van der Waals surface area contributed by atoms with Crippen molar-refractivity contribution < 1.29 is 17.9 Å². The van der Waals surface area contributed by atoms with E-state index in [1.165, 1.54) is 7.11 Å². The molecular weight excluding hydrogens is 313 g/mol. The Morgan fingerprint density at radius 3 is 2.56 bits per heavy atom. The zero-order valence-corrected chi connectivity index (χ0v) is 11.3. The summed E-state index contributed by atoms with van der Waals surface area (Å²) in [6, 6.07) is 4.51. The third-order valence-electron chi connectivity index (χ3n) is 2.50. The van der Waals surface area contributed by atoms with Gasteiger partial charge in [0.1, 0.15) is 5.75 Å². The second-order valence-corrected chi connectivity index (χ2v) is 4.62. The molecule has 3 N–H and O–H groups in total. The number of methoxy groups -OCH3 is 1. The van der Waals surface area contributed by atoms with E-state index in [0.29, 0.717) is 15.8 Å². The van der Waals surface area contributed by atoms with Crippen molar-refractivity contribution in [1.29, 1.82) is 0 Å². The molecule has 0 amide bonds. The normalized spacial score (nSPS) is 13.4. The average molecular weight is 327 g/mol. The molecule has 102 valence electrons. The average Bonchev–Trinajstić information content (AvgIpc) is 2.28. The number of alkyl halides is 3. The molecule has 0 fully saturated rings. The van der Waals surface area contributed by atoms with Gasteiger partial charge in [0.2, 0.25) is 0 Å². The fourth-order valence-electron chi connectivity index (χ4n) is 1.55. The Hall–Kier alpha value is -0.790. The van der Waals surface area contributed by atoms with Crippen LogP contribution in [0.4, 0.5) is 13.2 Å². The number of nitrogens with two attached hydrogens (primary N) is 1. The molecule has 0 spiro atoms. The molecule has 0 radical (unpaired) electrons. The first-order valence-corrected chi connectivity index (χ1v) is 6.03. The third-order valence-corrected chi connectivity index (χ3v) is 3.12. The van der Waals surface area contributed by atoms with Crippen LogP contribution < -0.4 is 16.0 Å². The number of rotatable bonds is 5. The summed E-state index contributed by atoms with van der Waals surface area (Å²) in [7, 11) is 1.52. The van der Waals surface area contributed by atoms with Crippen LogP contribution in [0.25, 0.3) is 0 Å². The summed E-state index contributed by atoms with van der Waals surface area (Å²) in [6.07, 6.45) is -5.18. The lowest BCUT2D eigenvalue weighted by molar-refractivity contribution is -0.136. The maximum atomic E-state index is 12.2. The van der Waals surface area contributed by atoms with Crippen LogP contribution in [0.15, 0.2) is 22.7 Å². The molecule has 0 saturated carbocycles. The van der Waals surface area contributed by atoms with Gasteiger partial charge in [0.05, 0.1) is 11.6 Å². The van der Waals surface area contributed by atoms with Gasteiger partial charge in [0.25, 0.3) is 0 Å². The zero-order valence-electron chi connectivity index (χ0n) is 9.72. The Morgan fingerprint density at radius 2 is 2.11 bits per heavy atom. The highest BCUT2D eigenvalue weighted by molar-refractivity contribution is 9.10. The lowest BCUT2D eigenvalue weighted by Gasteiger charge is -2.18. The van der Waals surface area contributed by atoms with Crippen molar-refractivity contribution >= 4 is 15.9 Å². The van der Waals surface area contributed by atoms with Crippen molar-refractivity contribution in [2.45, 2.75) is 25.1 Å². The molecule has 1 aromatic carbocycles. The van der Waals surface area contributed by atoms with Gasteiger partial charge in [-0.15, -0.1) is 0 Å². The molecule has 0 aliphatic carbocycles. The van der Waals surface area contributed by atoms with Crippen molar-refractivity contribution in [1.82, 2.24) is 5.43 Å². The minimum absolute atomic E-state index is 0.112. The van der Waals surface area contributed by atoms with E-state index in [9.17, 15) is 13.2 Å². The number of hydrogen-bond donors (Lipinski definition) is 2. The monoisotopic (exact) mass is 326 g/mol. The highest BCUT2D eigenvalue weighted by atomic mass is 79.9. The van der Waals surface area contributed by atoms with E-state index in [-0.39, 0.29) is 6.42 Å². The van der Waals surface area contributed by atoms with Crippen molar-refractivity contribution in [3.63, 3.8) is 0 Å². The highest BCUT2D eigenvalue weighted by Gasteiger charge is 2.28. The van der Waals surface area contributed by atoms with Crippen LogP contribution in [0.3, 0.4) is 0 Å². The lowest BCUT2D eigenvalue weighted by Crippen LogP contribution is -2.29. The molecule has 0 heterocycles. The minimum atomic E-state index is -4.18. The molecule has 3 nitrogen and oxygen atoms in total. The van der Waals surface area contributed by atoms with Crippen molar-refractivity contribution in [3.8, 4) is 5.75 Å². The van der Waals surface area contributed by atoms with E-state index in [1.54, 1.807) is 18.2 Å². The van der Waals surface area contributed by atoms with E-state index in [2.05, 4.69) is 21.4 Å². The van der Waals surface area contributed by atoms with Crippen LogP contribution >= 0.6 is 15.9 Å². The first-order valence-electron chi connectivity index (χ1n) is 5.23. The largest absolute Gasteiger partial charge is 0.496 e. The van der Waals surface area contributed by atoms with E-state index in [1.807, 2.05) is 0 Å². The molecule has 0 aliphatic heterocycles. The number of halogens is 4. The van der Waals surface area contributed by atoms with Crippen LogP contribution in [0.2, 0.25) is 0 Å². The Labute approximate surface area is 112 Å². The molecule has 0 aliphatic rings. The number of hydrazine groups is 1. The molecule has 1 aromatic rings. The number of benzene rings is 1. The van der Waals surface area contributed by atoms with Gasteiger partial charge in [-0.2, -0.15) is 13.2 Å². The Balaban J connectivity index is 2.79. The lowest BCUT2D eigenvalue weighted by atomic mass is 10.0. The quantitative estimate of drug-likeness (QED) is 0.644. The molecule has 0 bridgehead atoms. The van der Waals surface area contributed by atoms with Gasteiger partial charge in [0, 0.05) is 12.5 Å². The van der Waals surface area contributed by atoms with E-state index >= 15 is 0 Å². The fraction of sp³-hybridized carbons (Fsp3) is 0.455. The van der Waals surface area contributed by atoms with Crippen molar-refractivity contribution in [3.05, 3.63) is 28.2 Å². The Kier molecular flexibility index (Phi) is 5.43. The van der Waals surface area contributed by atoms with Crippen LogP contribution in [-0.4, -0.2) is 13.3 Å². The molecule has 18 heavy (non-hydrogen) atoms. The molecule has 1 unspecified atom stereocenters. The highest BCUT2D eigenvalue weighted by Crippen LogP contribution is 2.31. The predicted octanol–water partition coefficient (Wildman–Crippen LogP) is 3.30. The van der Waals surface area contributed by atoms with Gasteiger partial charge >= 0.3 is 6.18 Å². The minimum Gasteiger partial charge on any atom is -0.496 e. The summed E-state index contributed by atoms with van der Waals surface area (Å²) in [5.74, 6) is 5.91. The van der Waals surface area contributed by atoms with Gasteiger partial charge in [-0.05, 0) is 40.0 Å². The molecule has 0 aromatic heterocycles. The Bertz CT molecular complexity index is 398. The predicted molar refractivity (Wildman–Crippen MR) is 66.0 cm³/mol. The number of ether oxygens (including phenoxy) is 1. The van der Waals surface area contributed by atoms with Crippen molar-refractivity contribution in [2.24, 2.45) is 5.84 Å².